The van der Waals surface area contributed by atoms with E-state index in [1.54, 1.807) is 0 Å². The minimum absolute atomic E-state index is 0.597. The van der Waals surface area contributed by atoms with Gasteiger partial charge in [0, 0.05) is 25.4 Å². The van der Waals surface area contributed by atoms with Crippen molar-refractivity contribution in [1.82, 2.24) is 19.7 Å². The minimum atomic E-state index is 0.597. The van der Waals surface area contributed by atoms with Crippen LogP contribution in [0.15, 0.2) is 0 Å². The van der Waals surface area contributed by atoms with Gasteiger partial charge in [0.25, 0.3) is 0 Å². The Morgan fingerprint density at radius 1 is 1.22 bits per heavy atom. The van der Waals surface area contributed by atoms with Crippen molar-refractivity contribution < 1.29 is 0 Å². The molecule has 18 heavy (non-hydrogen) atoms. The van der Waals surface area contributed by atoms with Crippen molar-refractivity contribution in [3.63, 3.8) is 0 Å². The van der Waals surface area contributed by atoms with Crippen molar-refractivity contribution >= 4 is 0 Å². The molecular formula is C14H24N4. The van der Waals surface area contributed by atoms with Crippen LogP contribution in [0.5, 0.6) is 0 Å². The predicted octanol–water partition coefficient (Wildman–Crippen LogP) is 2.06. The van der Waals surface area contributed by atoms with E-state index >= 15 is 0 Å². The van der Waals surface area contributed by atoms with Crippen molar-refractivity contribution in [3.05, 3.63) is 11.6 Å². The Morgan fingerprint density at radius 2 is 2.11 bits per heavy atom. The summed E-state index contributed by atoms with van der Waals surface area (Å²) in [5.41, 5.74) is 0. The van der Waals surface area contributed by atoms with Crippen LogP contribution in [0.2, 0.25) is 0 Å². The number of piperidine rings is 1. The van der Waals surface area contributed by atoms with E-state index in [-0.39, 0.29) is 0 Å². The Bertz CT molecular complexity index is 412. The van der Waals surface area contributed by atoms with Gasteiger partial charge < -0.3 is 9.47 Å². The average molecular weight is 248 g/mol. The van der Waals surface area contributed by atoms with Gasteiger partial charge in [0.05, 0.1) is 0 Å². The van der Waals surface area contributed by atoms with Gasteiger partial charge in [-0.2, -0.15) is 0 Å². The maximum Gasteiger partial charge on any atom is 0.133 e. The molecule has 0 aromatic carbocycles. The van der Waals surface area contributed by atoms with Crippen molar-refractivity contribution in [2.24, 2.45) is 5.92 Å². The Kier molecular flexibility index (Phi) is 3.37. The lowest BCUT2D eigenvalue weighted by atomic mass is 9.94. The second-order valence-electron chi connectivity index (χ2n) is 6.12. The van der Waals surface area contributed by atoms with Gasteiger partial charge in [0.1, 0.15) is 11.6 Å². The van der Waals surface area contributed by atoms with Crippen molar-refractivity contribution in [2.75, 3.05) is 20.1 Å². The molecule has 0 radical (unpaired) electrons. The monoisotopic (exact) mass is 248 g/mol. The second kappa shape index (κ2) is 5.00. The van der Waals surface area contributed by atoms with Crippen LogP contribution in [0.4, 0.5) is 0 Å². The number of fused-ring (bicyclic) bond motifs is 1. The summed E-state index contributed by atoms with van der Waals surface area (Å²) < 4.78 is 2.41. The Hall–Kier alpha value is -0.900. The van der Waals surface area contributed by atoms with Crippen LogP contribution in [0.1, 0.15) is 50.3 Å². The van der Waals surface area contributed by atoms with Crippen molar-refractivity contribution in [2.45, 2.75) is 51.5 Å². The number of nitrogens with zero attached hydrogens (tertiary/aromatic N) is 4. The molecular weight excluding hydrogens is 224 g/mol. The zero-order valence-corrected chi connectivity index (χ0v) is 11.6. The standard InChI is InChI=1S/C14H24N4/c1-11-5-3-7-13-15-16-14(18(11)13)9-12-6-4-8-17(2)10-12/h11-12H,3-10H2,1-2H3. The van der Waals surface area contributed by atoms with E-state index in [4.69, 9.17) is 0 Å². The van der Waals surface area contributed by atoms with E-state index < -0.39 is 0 Å². The molecule has 0 amide bonds. The van der Waals surface area contributed by atoms with Crippen molar-refractivity contribution in [1.29, 1.82) is 0 Å². The van der Waals surface area contributed by atoms with E-state index in [2.05, 4.69) is 33.6 Å². The van der Waals surface area contributed by atoms with E-state index in [0.717, 1.165) is 18.8 Å². The molecule has 4 heteroatoms. The molecule has 1 fully saturated rings. The first kappa shape index (κ1) is 12.2. The fraction of sp³-hybridized carbons (Fsp3) is 0.857. The normalized spacial score (nSPS) is 29.2. The first-order valence-electron chi connectivity index (χ1n) is 7.35. The lowest BCUT2D eigenvalue weighted by Gasteiger charge is -2.30. The van der Waals surface area contributed by atoms with Crippen LogP contribution in [0, 0.1) is 5.92 Å². The summed E-state index contributed by atoms with van der Waals surface area (Å²) in [7, 11) is 2.23. The largest absolute Gasteiger partial charge is 0.312 e. The molecule has 2 aliphatic heterocycles. The molecule has 1 aromatic heterocycles. The van der Waals surface area contributed by atoms with E-state index in [9.17, 15) is 0 Å². The Morgan fingerprint density at radius 3 is 2.94 bits per heavy atom. The fourth-order valence-corrected chi connectivity index (χ4v) is 3.56. The SMILES string of the molecule is CC1CCCc2nnc(CC3CCCN(C)C3)n21. The lowest BCUT2D eigenvalue weighted by molar-refractivity contribution is 0.205. The third kappa shape index (κ3) is 2.30. The molecule has 2 aliphatic rings. The quantitative estimate of drug-likeness (QED) is 0.803. The Labute approximate surface area is 109 Å². The molecule has 2 atom stereocenters. The molecule has 0 N–H and O–H groups in total. The van der Waals surface area contributed by atoms with Gasteiger partial charge in [-0.15, -0.1) is 10.2 Å². The van der Waals surface area contributed by atoms with Crippen molar-refractivity contribution in [3.8, 4) is 0 Å². The number of hydrogen-bond donors (Lipinski definition) is 0. The molecule has 1 saturated heterocycles. The summed E-state index contributed by atoms with van der Waals surface area (Å²) in [6, 6.07) is 0.597. The summed E-state index contributed by atoms with van der Waals surface area (Å²) in [4.78, 5) is 2.45. The molecule has 1 aromatic rings. The predicted molar refractivity (Wildman–Crippen MR) is 71.6 cm³/mol. The highest BCUT2D eigenvalue weighted by Crippen LogP contribution is 2.27. The van der Waals surface area contributed by atoms with Crippen LogP contribution in [-0.4, -0.2) is 39.8 Å². The van der Waals surface area contributed by atoms with Crippen LogP contribution in [0.3, 0.4) is 0 Å². The molecule has 0 saturated carbocycles. The van der Waals surface area contributed by atoms with Crippen LogP contribution < -0.4 is 0 Å². The first-order valence-corrected chi connectivity index (χ1v) is 7.35. The number of aromatic nitrogens is 3. The highest BCUT2D eigenvalue weighted by molar-refractivity contribution is 5.03. The van der Waals surface area contributed by atoms with E-state index in [1.165, 1.54) is 50.4 Å². The van der Waals surface area contributed by atoms with E-state index in [1.807, 2.05) is 0 Å². The number of hydrogen-bond acceptors (Lipinski definition) is 3. The second-order valence-corrected chi connectivity index (χ2v) is 6.12. The number of rotatable bonds is 2. The summed E-state index contributed by atoms with van der Waals surface area (Å²) >= 11 is 0. The summed E-state index contributed by atoms with van der Waals surface area (Å²) in [6.07, 6.45) is 7.45. The summed E-state index contributed by atoms with van der Waals surface area (Å²) in [5, 5.41) is 8.85. The van der Waals surface area contributed by atoms with Crippen LogP contribution >= 0.6 is 0 Å². The highest BCUT2D eigenvalue weighted by atomic mass is 15.3. The molecule has 2 unspecified atom stereocenters. The molecule has 0 spiro atoms. The molecule has 3 heterocycles. The third-order valence-corrected chi connectivity index (χ3v) is 4.49. The molecule has 4 nitrogen and oxygen atoms in total. The molecule has 0 bridgehead atoms. The minimum Gasteiger partial charge on any atom is -0.312 e. The lowest BCUT2D eigenvalue weighted by Crippen LogP contribution is -2.33. The summed E-state index contributed by atoms with van der Waals surface area (Å²) in [5.74, 6) is 3.22. The fourth-order valence-electron chi connectivity index (χ4n) is 3.56. The maximum absolute atomic E-state index is 4.46. The van der Waals surface area contributed by atoms with Crippen LogP contribution in [0.25, 0.3) is 0 Å². The van der Waals surface area contributed by atoms with Gasteiger partial charge in [-0.1, -0.05) is 0 Å². The molecule has 3 rings (SSSR count). The summed E-state index contributed by atoms with van der Waals surface area (Å²) in [6.45, 7) is 4.78. The van der Waals surface area contributed by atoms with Crippen LogP contribution in [-0.2, 0) is 12.8 Å². The highest BCUT2D eigenvalue weighted by Gasteiger charge is 2.25. The zero-order chi connectivity index (χ0) is 12.5. The number of aryl methyl sites for hydroxylation is 1. The van der Waals surface area contributed by atoms with Gasteiger partial charge in [-0.25, -0.2) is 0 Å². The van der Waals surface area contributed by atoms with Gasteiger partial charge in [-0.3, -0.25) is 0 Å². The zero-order valence-electron chi connectivity index (χ0n) is 11.6. The smallest absolute Gasteiger partial charge is 0.133 e. The van der Waals surface area contributed by atoms with Gasteiger partial charge in [0.2, 0.25) is 0 Å². The molecule has 0 aliphatic carbocycles. The maximum atomic E-state index is 4.46. The van der Waals surface area contributed by atoms with E-state index in [0.29, 0.717) is 6.04 Å². The Balaban J connectivity index is 1.75. The van der Waals surface area contributed by atoms with Gasteiger partial charge in [-0.05, 0) is 52.1 Å². The average Bonchev–Trinajstić information content (AvgIpc) is 2.74. The number of likely N-dealkylation sites (tertiary alicyclic amines) is 1. The van der Waals surface area contributed by atoms with Gasteiger partial charge in [0.15, 0.2) is 0 Å². The third-order valence-electron chi connectivity index (χ3n) is 4.49. The topological polar surface area (TPSA) is 34.0 Å². The van der Waals surface area contributed by atoms with Gasteiger partial charge >= 0.3 is 0 Å². The first-order chi connectivity index (χ1) is 8.74. The molecule has 100 valence electrons.